The summed E-state index contributed by atoms with van der Waals surface area (Å²) in [5.74, 6) is 0.590. The van der Waals surface area contributed by atoms with Crippen LogP contribution < -0.4 is 4.74 Å². The van der Waals surface area contributed by atoms with Gasteiger partial charge in [0.2, 0.25) is 5.88 Å². The molecule has 4 aromatic heterocycles. The third kappa shape index (κ3) is 1.83. The van der Waals surface area contributed by atoms with Gasteiger partial charge in [-0.2, -0.15) is 4.98 Å². The normalized spacial score (nSPS) is 11.2. The van der Waals surface area contributed by atoms with Crippen LogP contribution in [0.3, 0.4) is 0 Å². The van der Waals surface area contributed by atoms with E-state index in [9.17, 15) is 0 Å². The molecule has 5 heteroatoms. The molecule has 0 bridgehead atoms. The van der Waals surface area contributed by atoms with Crippen LogP contribution in [0.15, 0.2) is 42.9 Å². The second-order valence-corrected chi connectivity index (χ2v) is 5.10. The zero-order valence-electron chi connectivity index (χ0n) is 12.3. The Morgan fingerprint density at radius 2 is 1.77 bits per heavy atom. The number of methoxy groups -OCH3 is 1. The minimum Gasteiger partial charge on any atom is -0.481 e. The van der Waals surface area contributed by atoms with Crippen LogP contribution in [-0.4, -0.2) is 27.0 Å². The molecule has 0 saturated heterocycles. The molecule has 0 spiro atoms. The molecule has 22 heavy (non-hydrogen) atoms. The quantitative estimate of drug-likeness (QED) is 0.614. The molecular formula is C17H14N4O. The summed E-state index contributed by atoms with van der Waals surface area (Å²) in [5.41, 5.74) is 3.75. The lowest BCUT2D eigenvalue weighted by Gasteiger charge is -2.06. The second-order valence-electron chi connectivity index (χ2n) is 5.10. The van der Waals surface area contributed by atoms with E-state index in [1.54, 1.807) is 7.11 Å². The van der Waals surface area contributed by atoms with Crippen LogP contribution in [0.2, 0.25) is 0 Å². The topological polar surface area (TPSA) is 63.7 Å². The van der Waals surface area contributed by atoms with Crippen molar-refractivity contribution >= 4 is 21.8 Å². The molecule has 108 valence electrons. The molecule has 1 N–H and O–H groups in total. The highest BCUT2D eigenvalue weighted by Gasteiger charge is 2.13. The number of aromatic amines is 1. The Hall–Kier alpha value is -2.95. The van der Waals surface area contributed by atoms with Gasteiger partial charge in [0.05, 0.1) is 12.8 Å². The second kappa shape index (κ2) is 4.80. The summed E-state index contributed by atoms with van der Waals surface area (Å²) < 4.78 is 5.17. The van der Waals surface area contributed by atoms with Crippen molar-refractivity contribution < 1.29 is 4.74 Å². The van der Waals surface area contributed by atoms with Crippen LogP contribution in [0.5, 0.6) is 5.88 Å². The Bertz CT molecular complexity index is 990. The first kappa shape index (κ1) is 12.8. The highest BCUT2D eigenvalue weighted by molar-refractivity contribution is 6.03. The number of rotatable bonds is 2. The molecule has 4 heterocycles. The molecular weight excluding hydrogens is 276 g/mol. The van der Waals surface area contributed by atoms with Gasteiger partial charge >= 0.3 is 0 Å². The van der Waals surface area contributed by atoms with E-state index in [1.165, 1.54) is 0 Å². The number of aryl methyl sites for hydroxylation is 1. The number of aromatic nitrogens is 4. The van der Waals surface area contributed by atoms with Crippen LogP contribution in [-0.2, 0) is 0 Å². The third-order valence-corrected chi connectivity index (χ3v) is 3.87. The predicted octanol–water partition coefficient (Wildman–Crippen LogP) is 3.49. The summed E-state index contributed by atoms with van der Waals surface area (Å²) in [6.45, 7) is 2.01. The molecule has 4 aromatic rings. The summed E-state index contributed by atoms with van der Waals surface area (Å²) in [4.78, 5) is 16.5. The van der Waals surface area contributed by atoms with E-state index < -0.39 is 0 Å². The maximum absolute atomic E-state index is 5.17. The highest BCUT2D eigenvalue weighted by atomic mass is 16.5. The first-order valence-electron chi connectivity index (χ1n) is 7.01. The Morgan fingerprint density at radius 1 is 0.955 bits per heavy atom. The zero-order chi connectivity index (χ0) is 15.1. The number of nitrogens with one attached hydrogen (secondary N) is 1. The van der Waals surface area contributed by atoms with Crippen molar-refractivity contribution in [3.8, 4) is 17.1 Å². The Morgan fingerprint density at radius 3 is 2.64 bits per heavy atom. The lowest BCUT2D eigenvalue weighted by molar-refractivity contribution is 0.399. The molecule has 0 aliphatic carbocycles. The van der Waals surface area contributed by atoms with Gasteiger partial charge in [-0.3, -0.25) is 9.97 Å². The largest absolute Gasteiger partial charge is 0.481 e. The number of H-pyrrole nitrogens is 1. The number of ether oxygens (including phenoxy) is 1. The number of fused-ring (bicyclic) bond motifs is 2. The summed E-state index contributed by atoms with van der Waals surface area (Å²) in [7, 11) is 1.61. The van der Waals surface area contributed by atoms with Crippen molar-refractivity contribution in [2.45, 2.75) is 6.92 Å². The minimum absolute atomic E-state index is 0.590. The summed E-state index contributed by atoms with van der Waals surface area (Å²) in [5, 5.41) is 3.23. The van der Waals surface area contributed by atoms with Crippen LogP contribution in [0.25, 0.3) is 33.1 Å². The Labute approximate surface area is 127 Å². The first-order valence-corrected chi connectivity index (χ1v) is 7.01. The Balaban J connectivity index is 2.02. The number of pyridine rings is 3. The number of hydrogen-bond donors (Lipinski definition) is 1. The van der Waals surface area contributed by atoms with Crippen molar-refractivity contribution in [2.75, 3.05) is 7.11 Å². The van der Waals surface area contributed by atoms with Gasteiger partial charge in [0.15, 0.2) is 0 Å². The molecule has 0 aliphatic heterocycles. The molecule has 0 atom stereocenters. The van der Waals surface area contributed by atoms with Gasteiger partial charge in [-0.25, -0.2) is 0 Å². The predicted molar refractivity (Wildman–Crippen MR) is 85.9 cm³/mol. The monoisotopic (exact) mass is 290 g/mol. The van der Waals surface area contributed by atoms with E-state index >= 15 is 0 Å². The van der Waals surface area contributed by atoms with Crippen LogP contribution in [0.1, 0.15) is 5.69 Å². The SMILES string of the molecule is COc1ccc2c(-c3nccc4c(C)nccc34)c[nH]c2n1. The van der Waals surface area contributed by atoms with Crippen molar-refractivity contribution in [2.24, 2.45) is 0 Å². The summed E-state index contributed by atoms with van der Waals surface area (Å²) in [6, 6.07) is 7.86. The van der Waals surface area contributed by atoms with E-state index in [4.69, 9.17) is 4.74 Å². The lowest BCUT2D eigenvalue weighted by Crippen LogP contribution is -1.90. The van der Waals surface area contributed by atoms with E-state index in [1.807, 2.05) is 49.8 Å². The van der Waals surface area contributed by atoms with Crippen LogP contribution in [0.4, 0.5) is 0 Å². The van der Waals surface area contributed by atoms with Gasteiger partial charge in [0, 0.05) is 52.1 Å². The number of nitrogens with zero attached hydrogens (tertiary/aromatic N) is 3. The maximum Gasteiger partial charge on any atom is 0.214 e. The van der Waals surface area contributed by atoms with Crippen molar-refractivity contribution in [3.63, 3.8) is 0 Å². The van der Waals surface area contributed by atoms with Gasteiger partial charge < -0.3 is 9.72 Å². The molecule has 0 unspecified atom stereocenters. The zero-order valence-corrected chi connectivity index (χ0v) is 12.3. The molecule has 4 rings (SSSR count). The average molecular weight is 290 g/mol. The van der Waals surface area contributed by atoms with Crippen molar-refractivity contribution in [3.05, 3.63) is 48.5 Å². The van der Waals surface area contributed by atoms with Crippen molar-refractivity contribution in [1.82, 2.24) is 19.9 Å². The van der Waals surface area contributed by atoms with Crippen LogP contribution >= 0.6 is 0 Å². The molecule has 5 nitrogen and oxygen atoms in total. The van der Waals surface area contributed by atoms with Gasteiger partial charge in [-0.1, -0.05) is 0 Å². The third-order valence-electron chi connectivity index (χ3n) is 3.87. The van der Waals surface area contributed by atoms with Gasteiger partial charge in [-0.05, 0) is 25.1 Å². The summed E-state index contributed by atoms with van der Waals surface area (Å²) in [6.07, 6.45) is 5.58. The summed E-state index contributed by atoms with van der Waals surface area (Å²) >= 11 is 0. The van der Waals surface area contributed by atoms with Crippen LogP contribution in [0, 0.1) is 6.92 Å². The molecule has 0 aliphatic rings. The van der Waals surface area contributed by atoms with E-state index in [2.05, 4.69) is 19.9 Å². The number of hydrogen-bond acceptors (Lipinski definition) is 4. The highest BCUT2D eigenvalue weighted by Crippen LogP contribution is 2.32. The molecule has 0 aromatic carbocycles. The fourth-order valence-electron chi connectivity index (χ4n) is 2.76. The molecule has 0 radical (unpaired) electrons. The fraction of sp³-hybridized carbons (Fsp3) is 0.118. The van der Waals surface area contributed by atoms with E-state index in [0.29, 0.717) is 5.88 Å². The first-order chi connectivity index (χ1) is 10.8. The molecule has 0 saturated carbocycles. The van der Waals surface area contributed by atoms with E-state index in [0.717, 1.165) is 38.8 Å². The van der Waals surface area contributed by atoms with Gasteiger partial charge in [-0.15, -0.1) is 0 Å². The van der Waals surface area contributed by atoms with Gasteiger partial charge in [0.25, 0.3) is 0 Å². The fourth-order valence-corrected chi connectivity index (χ4v) is 2.76. The van der Waals surface area contributed by atoms with Crippen molar-refractivity contribution in [1.29, 1.82) is 0 Å². The standard InChI is InChI=1S/C17H14N4O/c1-10-11-5-8-19-16(12(11)6-7-18-10)14-9-20-17-13(14)3-4-15(21-17)22-2/h3-9H,1-2H3,(H,20,21). The van der Waals surface area contributed by atoms with Gasteiger partial charge in [0.1, 0.15) is 5.65 Å². The lowest BCUT2D eigenvalue weighted by atomic mass is 10.0. The minimum atomic E-state index is 0.590. The maximum atomic E-state index is 5.17. The molecule has 0 amide bonds. The van der Waals surface area contributed by atoms with E-state index in [-0.39, 0.29) is 0 Å². The smallest absolute Gasteiger partial charge is 0.214 e. The average Bonchev–Trinajstić information content (AvgIpc) is 2.97. The molecule has 0 fully saturated rings. The Kier molecular flexibility index (Phi) is 2.79.